The van der Waals surface area contributed by atoms with E-state index >= 15 is 0 Å². The maximum absolute atomic E-state index is 12.3. The maximum atomic E-state index is 12.3. The van der Waals surface area contributed by atoms with Crippen molar-refractivity contribution in [3.8, 4) is 17.1 Å². The minimum absolute atomic E-state index is 0.110. The number of fused-ring (bicyclic) bond motifs is 2. The number of imidazole rings is 1. The normalized spacial score (nSPS) is 15.3. The molecular weight excluding hydrogens is 368 g/mol. The van der Waals surface area contributed by atoms with E-state index < -0.39 is 0 Å². The van der Waals surface area contributed by atoms with Gasteiger partial charge in [-0.3, -0.25) is 4.79 Å². The summed E-state index contributed by atoms with van der Waals surface area (Å²) >= 11 is 0. The second-order valence-corrected chi connectivity index (χ2v) is 7.28. The van der Waals surface area contributed by atoms with Crippen LogP contribution in [0.5, 0.6) is 5.75 Å². The third-order valence-corrected chi connectivity index (χ3v) is 5.05. The molecule has 0 spiro atoms. The van der Waals surface area contributed by atoms with E-state index in [0.29, 0.717) is 18.0 Å². The van der Waals surface area contributed by atoms with Crippen LogP contribution in [-0.4, -0.2) is 26.7 Å². The summed E-state index contributed by atoms with van der Waals surface area (Å²) in [6.45, 7) is 2.57. The van der Waals surface area contributed by atoms with Crippen LogP contribution < -0.4 is 10.1 Å². The highest BCUT2D eigenvalue weighted by Gasteiger charge is 2.20. The molecule has 7 heteroatoms. The lowest BCUT2D eigenvalue weighted by Crippen LogP contribution is -2.26. The van der Waals surface area contributed by atoms with E-state index in [0.717, 1.165) is 28.8 Å². The summed E-state index contributed by atoms with van der Waals surface area (Å²) in [6, 6.07) is 15.6. The topological polar surface area (TPSA) is 82.2 Å². The van der Waals surface area contributed by atoms with Crippen LogP contribution in [0, 0.1) is 0 Å². The van der Waals surface area contributed by atoms with Crippen LogP contribution in [0.15, 0.2) is 59.4 Å². The molecule has 7 nitrogen and oxygen atoms in total. The highest BCUT2D eigenvalue weighted by atomic mass is 16.5. The minimum atomic E-state index is -0.110. The van der Waals surface area contributed by atoms with E-state index in [1.54, 1.807) is 6.33 Å². The first-order valence-electron chi connectivity index (χ1n) is 9.58. The Kier molecular flexibility index (Phi) is 4.27. The van der Waals surface area contributed by atoms with Crippen LogP contribution in [-0.2, 0) is 24.3 Å². The number of rotatable bonds is 5. The van der Waals surface area contributed by atoms with Gasteiger partial charge in [0.15, 0.2) is 5.76 Å². The van der Waals surface area contributed by atoms with E-state index in [9.17, 15) is 4.79 Å². The van der Waals surface area contributed by atoms with Crippen LogP contribution in [0.1, 0.15) is 18.2 Å². The predicted molar refractivity (Wildman–Crippen MR) is 107 cm³/mol. The third-order valence-electron chi connectivity index (χ3n) is 5.05. The van der Waals surface area contributed by atoms with Crippen molar-refractivity contribution in [1.82, 2.24) is 20.0 Å². The predicted octanol–water partition coefficient (Wildman–Crippen LogP) is 3.33. The van der Waals surface area contributed by atoms with Gasteiger partial charge in [-0.05, 0) is 42.8 Å². The van der Waals surface area contributed by atoms with Gasteiger partial charge < -0.3 is 19.1 Å². The Hall–Kier alpha value is -3.61. The number of carbonyl (C=O) groups is 1. The molecule has 0 bridgehead atoms. The van der Waals surface area contributed by atoms with E-state index in [1.807, 2.05) is 47.0 Å². The van der Waals surface area contributed by atoms with Gasteiger partial charge in [0.2, 0.25) is 5.91 Å². The van der Waals surface area contributed by atoms with Crippen LogP contribution in [0.3, 0.4) is 0 Å². The van der Waals surface area contributed by atoms with E-state index in [1.165, 1.54) is 5.56 Å². The van der Waals surface area contributed by atoms with Crippen molar-refractivity contribution in [2.45, 2.75) is 32.5 Å². The molecule has 5 rings (SSSR count). The summed E-state index contributed by atoms with van der Waals surface area (Å²) in [4.78, 5) is 16.6. The van der Waals surface area contributed by atoms with Gasteiger partial charge in [-0.25, -0.2) is 4.98 Å². The fourth-order valence-electron chi connectivity index (χ4n) is 3.64. The van der Waals surface area contributed by atoms with Crippen molar-refractivity contribution in [3.63, 3.8) is 0 Å². The quantitative estimate of drug-likeness (QED) is 0.567. The molecule has 29 heavy (non-hydrogen) atoms. The number of ether oxygens (including phenoxy) is 1. The van der Waals surface area contributed by atoms with Crippen molar-refractivity contribution in [1.29, 1.82) is 0 Å². The Balaban J connectivity index is 1.23. The molecule has 146 valence electrons. The zero-order valence-corrected chi connectivity index (χ0v) is 16.0. The molecule has 0 unspecified atom stereocenters. The third kappa shape index (κ3) is 3.47. The van der Waals surface area contributed by atoms with Gasteiger partial charge in [0.1, 0.15) is 24.1 Å². The Morgan fingerprint density at radius 2 is 2.14 bits per heavy atom. The van der Waals surface area contributed by atoms with E-state index in [-0.39, 0.29) is 18.6 Å². The first-order valence-corrected chi connectivity index (χ1v) is 9.58. The minimum Gasteiger partial charge on any atom is -0.490 e. The Bertz CT molecular complexity index is 1190. The summed E-state index contributed by atoms with van der Waals surface area (Å²) in [6.07, 6.45) is 2.77. The molecule has 0 radical (unpaired) electrons. The summed E-state index contributed by atoms with van der Waals surface area (Å²) < 4.78 is 13.0. The molecule has 1 N–H and O–H groups in total. The molecule has 0 saturated heterocycles. The lowest BCUT2D eigenvalue weighted by Gasteiger charge is -2.05. The second-order valence-electron chi connectivity index (χ2n) is 7.28. The molecule has 0 fully saturated rings. The first kappa shape index (κ1) is 17.5. The summed E-state index contributed by atoms with van der Waals surface area (Å²) in [5.74, 6) is 1.50. The molecule has 1 aliphatic heterocycles. The molecule has 2 aromatic carbocycles. The standard InChI is InChI=1S/C22H20N4O3/c1-14-8-16-9-15(6-7-20(16)28-14)21-10-17(25-29-21)11-23-22(27)12-26-13-24-18-4-2-3-5-19(18)26/h2-7,9-10,13-14H,8,11-12H2,1H3,(H,23,27)/t14-/m0/s1. The SMILES string of the molecule is C[C@H]1Cc2cc(-c3cc(CNC(=O)Cn4cnc5ccccc54)no3)ccc2O1. The number of benzene rings is 2. The lowest BCUT2D eigenvalue weighted by atomic mass is 10.1. The van der Waals surface area contributed by atoms with Gasteiger partial charge in [0, 0.05) is 18.1 Å². The van der Waals surface area contributed by atoms with Crippen molar-refractivity contribution < 1.29 is 14.1 Å². The monoisotopic (exact) mass is 388 g/mol. The number of hydrogen-bond donors (Lipinski definition) is 1. The Morgan fingerprint density at radius 1 is 1.24 bits per heavy atom. The molecule has 1 atom stereocenters. The second kappa shape index (κ2) is 7.09. The highest BCUT2D eigenvalue weighted by Crippen LogP contribution is 2.33. The lowest BCUT2D eigenvalue weighted by molar-refractivity contribution is -0.121. The number of nitrogens with zero attached hydrogens (tertiary/aromatic N) is 3. The average molecular weight is 388 g/mol. The van der Waals surface area contributed by atoms with Crippen LogP contribution in [0.2, 0.25) is 0 Å². The Labute approximate surface area is 167 Å². The molecule has 1 aliphatic rings. The number of para-hydroxylation sites is 2. The molecule has 2 aromatic heterocycles. The summed E-state index contributed by atoms with van der Waals surface area (Å²) in [5, 5.41) is 6.96. The summed E-state index contributed by atoms with van der Waals surface area (Å²) in [5.41, 5.74) is 4.61. The molecule has 4 aromatic rings. The Morgan fingerprint density at radius 3 is 3.07 bits per heavy atom. The van der Waals surface area contributed by atoms with E-state index in [4.69, 9.17) is 9.26 Å². The first-order chi connectivity index (χ1) is 14.2. The summed E-state index contributed by atoms with van der Waals surface area (Å²) in [7, 11) is 0. The molecular formula is C22H20N4O3. The van der Waals surface area contributed by atoms with Gasteiger partial charge in [-0.1, -0.05) is 17.3 Å². The fourth-order valence-corrected chi connectivity index (χ4v) is 3.64. The number of nitrogens with one attached hydrogen (secondary N) is 1. The van der Waals surface area contributed by atoms with Crippen molar-refractivity contribution in [3.05, 3.63) is 66.1 Å². The molecule has 1 amide bonds. The average Bonchev–Trinajstić information content (AvgIpc) is 3.44. The van der Waals surface area contributed by atoms with Gasteiger partial charge in [-0.2, -0.15) is 0 Å². The van der Waals surface area contributed by atoms with Crippen LogP contribution in [0.25, 0.3) is 22.4 Å². The van der Waals surface area contributed by atoms with Gasteiger partial charge in [0.25, 0.3) is 0 Å². The van der Waals surface area contributed by atoms with Crippen molar-refractivity contribution in [2.75, 3.05) is 0 Å². The molecule has 0 saturated carbocycles. The number of hydrogen-bond acceptors (Lipinski definition) is 5. The van der Waals surface area contributed by atoms with Crippen molar-refractivity contribution in [2.24, 2.45) is 0 Å². The zero-order valence-electron chi connectivity index (χ0n) is 16.0. The van der Waals surface area contributed by atoms with Crippen LogP contribution in [0.4, 0.5) is 0 Å². The number of carbonyl (C=O) groups excluding carboxylic acids is 1. The smallest absolute Gasteiger partial charge is 0.240 e. The number of amides is 1. The number of aromatic nitrogens is 3. The van der Waals surface area contributed by atoms with Gasteiger partial charge in [0.05, 0.1) is 23.9 Å². The van der Waals surface area contributed by atoms with Crippen LogP contribution >= 0.6 is 0 Å². The molecule has 0 aliphatic carbocycles. The van der Waals surface area contributed by atoms with Gasteiger partial charge in [-0.15, -0.1) is 0 Å². The largest absolute Gasteiger partial charge is 0.490 e. The van der Waals surface area contributed by atoms with Crippen molar-refractivity contribution >= 4 is 16.9 Å². The fraction of sp³-hybridized carbons (Fsp3) is 0.227. The maximum Gasteiger partial charge on any atom is 0.240 e. The highest BCUT2D eigenvalue weighted by molar-refractivity contribution is 5.80. The van der Waals surface area contributed by atoms with Gasteiger partial charge >= 0.3 is 0 Å². The molecule has 3 heterocycles. The van der Waals surface area contributed by atoms with E-state index in [2.05, 4.69) is 28.4 Å². The zero-order chi connectivity index (χ0) is 19.8.